The number of carbonyl (C=O) groups excluding carboxylic acids is 1. The minimum Gasteiger partial charge on any atom is -0.361 e. The van der Waals surface area contributed by atoms with E-state index in [0.29, 0.717) is 22.9 Å². The molecule has 6 nitrogen and oxygen atoms in total. The molecule has 1 fully saturated rings. The molecule has 6 heteroatoms. The van der Waals surface area contributed by atoms with Crippen molar-refractivity contribution in [3.8, 4) is 0 Å². The molecular weight excluding hydrogens is 256 g/mol. The van der Waals surface area contributed by atoms with Gasteiger partial charge in [0.25, 0.3) is 5.91 Å². The second-order valence-electron chi connectivity index (χ2n) is 5.38. The van der Waals surface area contributed by atoms with Gasteiger partial charge in [-0.25, -0.2) is 4.98 Å². The van der Waals surface area contributed by atoms with Gasteiger partial charge in [-0.2, -0.15) is 0 Å². The molecule has 0 spiro atoms. The van der Waals surface area contributed by atoms with Gasteiger partial charge in [-0.15, -0.1) is 0 Å². The average Bonchev–Trinajstić information content (AvgIpc) is 3.08. The summed E-state index contributed by atoms with van der Waals surface area (Å²) in [6, 6.07) is -0.0452. The summed E-state index contributed by atoms with van der Waals surface area (Å²) >= 11 is 0. The third kappa shape index (κ3) is 2.21. The number of hydrogen-bond donors (Lipinski definition) is 1. The largest absolute Gasteiger partial charge is 0.361 e. The summed E-state index contributed by atoms with van der Waals surface area (Å²) in [5.74, 6) is 1.78. The Bertz CT molecular complexity index is 620. The normalized spacial score (nSPS) is 16.1. The Hall–Kier alpha value is -2.11. The molecule has 0 aromatic carbocycles. The van der Waals surface area contributed by atoms with Crippen LogP contribution in [0.5, 0.6) is 0 Å². The predicted molar refractivity (Wildman–Crippen MR) is 72.1 cm³/mol. The van der Waals surface area contributed by atoms with Crippen LogP contribution in [-0.2, 0) is 7.05 Å². The quantitative estimate of drug-likeness (QED) is 0.924. The molecule has 3 rings (SSSR count). The van der Waals surface area contributed by atoms with E-state index in [1.165, 1.54) is 0 Å². The number of nitrogens with one attached hydrogen (secondary N) is 1. The standard InChI is InChI=1S/C14H18N4O2/c1-8-11(9(2)20-17-8)14(19)16-12(10-4-5-10)13-15-6-7-18(13)3/h6-7,10,12H,4-5H2,1-3H3,(H,16,19)/t12-/m1/s1. The van der Waals surface area contributed by atoms with Crippen LogP contribution in [0.1, 0.15) is 46.5 Å². The summed E-state index contributed by atoms with van der Waals surface area (Å²) in [5.41, 5.74) is 1.15. The Morgan fingerprint density at radius 3 is 2.75 bits per heavy atom. The van der Waals surface area contributed by atoms with E-state index >= 15 is 0 Å². The van der Waals surface area contributed by atoms with Crippen molar-refractivity contribution >= 4 is 5.91 Å². The summed E-state index contributed by atoms with van der Waals surface area (Å²) < 4.78 is 7.01. The maximum absolute atomic E-state index is 12.4. The van der Waals surface area contributed by atoms with Crippen LogP contribution in [0.25, 0.3) is 0 Å². The van der Waals surface area contributed by atoms with Crippen LogP contribution in [0.15, 0.2) is 16.9 Å². The van der Waals surface area contributed by atoms with E-state index in [1.54, 1.807) is 20.0 Å². The fraction of sp³-hybridized carbons (Fsp3) is 0.500. The fourth-order valence-electron chi connectivity index (χ4n) is 2.52. The number of amides is 1. The summed E-state index contributed by atoms with van der Waals surface area (Å²) in [6.07, 6.45) is 5.90. The maximum atomic E-state index is 12.4. The Kier molecular flexibility index (Phi) is 3.08. The van der Waals surface area contributed by atoms with Gasteiger partial charge in [0.15, 0.2) is 0 Å². The lowest BCUT2D eigenvalue weighted by Gasteiger charge is -2.18. The van der Waals surface area contributed by atoms with Crippen LogP contribution in [0, 0.1) is 19.8 Å². The molecule has 1 N–H and O–H groups in total. The SMILES string of the molecule is Cc1noc(C)c1C(=O)N[C@@H](c1nccn1C)C1CC1. The van der Waals surface area contributed by atoms with E-state index in [-0.39, 0.29) is 11.9 Å². The molecular formula is C14H18N4O2. The third-order valence-corrected chi connectivity index (χ3v) is 3.78. The van der Waals surface area contributed by atoms with E-state index in [0.717, 1.165) is 18.7 Å². The molecule has 2 heterocycles. The van der Waals surface area contributed by atoms with Crippen LogP contribution >= 0.6 is 0 Å². The highest BCUT2D eigenvalue weighted by Crippen LogP contribution is 2.40. The number of aryl methyl sites for hydroxylation is 3. The molecule has 0 unspecified atom stereocenters. The van der Waals surface area contributed by atoms with E-state index in [2.05, 4.69) is 15.5 Å². The zero-order valence-electron chi connectivity index (χ0n) is 11.9. The van der Waals surface area contributed by atoms with Crippen molar-refractivity contribution in [1.29, 1.82) is 0 Å². The minimum atomic E-state index is -0.138. The Balaban J connectivity index is 1.84. The van der Waals surface area contributed by atoms with Crippen LogP contribution < -0.4 is 5.32 Å². The Morgan fingerprint density at radius 1 is 1.50 bits per heavy atom. The van der Waals surface area contributed by atoms with Gasteiger partial charge < -0.3 is 14.4 Å². The van der Waals surface area contributed by atoms with Crippen LogP contribution in [-0.4, -0.2) is 20.6 Å². The molecule has 1 saturated carbocycles. The molecule has 106 valence electrons. The highest BCUT2D eigenvalue weighted by Gasteiger charge is 2.36. The first-order chi connectivity index (χ1) is 9.58. The molecule has 2 aromatic rings. The lowest BCUT2D eigenvalue weighted by molar-refractivity contribution is 0.0927. The number of carbonyl (C=O) groups is 1. The van der Waals surface area contributed by atoms with Gasteiger partial charge in [-0.1, -0.05) is 5.16 Å². The highest BCUT2D eigenvalue weighted by atomic mass is 16.5. The summed E-state index contributed by atoms with van der Waals surface area (Å²) in [5, 5.41) is 6.91. The van der Waals surface area contributed by atoms with E-state index in [4.69, 9.17) is 4.52 Å². The van der Waals surface area contributed by atoms with Crippen molar-refractivity contribution in [1.82, 2.24) is 20.0 Å². The van der Waals surface area contributed by atoms with E-state index in [9.17, 15) is 4.79 Å². The number of imidazole rings is 1. The zero-order chi connectivity index (χ0) is 14.3. The highest BCUT2D eigenvalue weighted by molar-refractivity contribution is 5.96. The van der Waals surface area contributed by atoms with Crippen LogP contribution in [0.2, 0.25) is 0 Å². The predicted octanol–water partition coefficient (Wildman–Crippen LogP) is 1.91. The molecule has 0 radical (unpaired) electrons. The second-order valence-corrected chi connectivity index (χ2v) is 5.38. The molecule has 0 saturated heterocycles. The van der Waals surface area contributed by atoms with Gasteiger partial charge in [-0.05, 0) is 32.6 Å². The molecule has 1 aliphatic carbocycles. The topological polar surface area (TPSA) is 73.0 Å². The maximum Gasteiger partial charge on any atom is 0.257 e. The molecule has 1 amide bonds. The fourth-order valence-corrected chi connectivity index (χ4v) is 2.52. The van der Waals surface area contributed by atoms with E-state index < -0.39 is 0 Å². The first-order valence-electron chi connectivity index (χ1n) is 6.79. The van der Waals surface area contributed by atoms with Crippen molar-refractivity contribution in [2.75, 3.05) is 0 Å². The van der Waals surface area contributed by atoms with Crippen molar-refractivity contribution in [3.05, 3.63) is 35.2 Å². The molecule has 20 heavy (non-hydrogen) atoms. The first-order valence-corrected chi connectivity index (χ1v) is 6.79. The van der Waals surface area contributed by atoms with Crippen molar-refractivity contribution in [2.24, 2.45) is 13.0 Å². The van der Waals surface area contributed by atoms with Crippen LogP contribution in [0.3, 0.4) is 0 Å². The van der Waals surface area contributed by atoms with Gasteiger partial charge >= 0.3 is 0 Å². The van der Waals surface area contributed by atoms with Crippen molar-refractivity contribution in [2.45, 2.75) is 32.7 Å². The van der Waals surface area contributed by atoms with Gasteiger partial charge in [0.1, 0.15) is 17.1 Å². The van der Waals surface area contributed by atoms with Crippen molar-refractivity contribution in [3.63, 3.8) is 0 Å². The summed E-state index contributed by atoms with van der Waals surface area (Å²) in [7, 11) is 1.94. The second kappa shape index (κ2) is 4.77. The summed E-state index contributed by atoms with van der Waals surface area (Å²) in [4.78, 5) is 16.8. The number of aromatic nitrogens is 3. The third-order valence-electron chi connectivity index (χ3n) is 3.78. The minimum absolute atomic E-state index is 0.0452. The van der Waals surface area contributed by atoms with E-state index in [1.807, 2.05) is 17.8 Å². The molecule has 0 aliphatic heterocycles. The van der Waals surface area contributed by atoms with Crippen LogP contribution in [0.4, 0.5) is 0 Å². The molecule has 0 bridgehead atoms. The smallest absolute Gasteiger partial charge is 0.257 e. The van der Waals surface area contributed by atoms with Gasteiger partial charge in [0.2, 0.25) is 0 Å². The van der Waals surface area contributed by atoms with Gasteiger partial charge in [-0.3, -0.25) is 4.79 Å². The Morgan fingerprint density at radius 2 is 2.25 bits per heavy atom. The lowest BCUT2D eigenvalue weighted by atomic mass is 10.1. The Labute approximate surface area is 117 Å². The molecule has 1 atom stereocenters. The molecule has 1 aliphatic rings. The summed E-state index contributed by atoms with van der Waals surface area (Å²) in [6.45, 7) is 3.53. The molecule has 2 aromatic heterocycles. The van der Waals surface area contributed by atoms with Gasteiger partial charge in [0, 0.05) is 19.4 Å². The van der Waals surface area contributed by atoms with Gasteiger partial charge in [0.05, 0.1) is 11.7 Å². The number of nitrogens with zero attached hydrogens (tertiary/aromatic N) is 3. The number of rotatable bonds is 4. The monoisotopic (exact) mass is 274 g/mol. The van der Waals surface area contributed by atoms with Crippen molar-refractivity contribution < 1.29 is 9.32 Å². The number of hydrogen-bond acceptors (Lipinski definition) is 4. The zero-order valence-corrected chi connectivity index (χ0v) is 11.9. The first kappa shape index (κ1) is 12.9. The average molecular weight is 274 g/mol. The lowest BCUT2D eigenvalue weighted by Crippen LogP contribution is -2.32.